The zero-order chi connectivity index (χ0) is 17.8. The molecule has 0 bridgehead atoms. The fourth-order valence-electron chi connectivity index (χ4n) is 3.23. The molecule has 1 aliphatic rings. The van der Waals surface area contributed by atoms with Crippen LogP contribution in [0.2, 0.25) is 0 Å². The van der Waals surface area contributed by atoms with Crippen LogP contribution in [-0.2, 0) is 17.6 Å². The highest BCUT2D eigenvalue weighted by molar-refractivity contribution is 7.09. The van der Waals surface area contributed by atoms with Gasteiger partial charge in [0, 0.05) is 11.8 Å². The van der Waals surface area contributed by atoms with Crippen molar-refractivity contribution in [1.82, 2.24) is 10.3 Å². The third-order valence-corrected chi connectivity index (χ3v) is 5.61. The van der Waals surface area contributed by atoms with E-state index in [1.807, 2.05) is 41.8 Å². The molecule has 3 aromatic rings. The van der Waals surface area contributed by atoms with Crippen LogP contribution >= 0.6 is 11.3 Å². The summed E-state index contributed by atoms with van der Waals surface area (Å²) in [5, 5.41) is 6.29. The maximum Gasteiger partial charge on any atom is 0.226 e. The zero-order valence-electron chi connectivity index (χ0n) is 14.6. The summed E-state index contributed by atoms with van der Waals surface area (Å²) in [5.41, 5.74) is 3.31. The summed E-state index contributed by atoms with van der Waals surface area (Å²) >= 11 is 1.63. The maximum atomic E-state index is 12.5. The first kappa shape index (κ1) is 17.0. The number of aromatic nitrogens is 1. The minimum atomic E-state index is 0.0577. The first-order valence-electron chi connectivity index (χ1n) is 9.09. The van der Waals surface area contributed by atoms with E-state index in [0.29, 0.717) is 12.3 Å². The van der Waals surface area contributed by atoms with Gasteiger partial charge in [0.1, 0.15) is 0 Å². The molecule has 1 fully saturated rings. The summed E-state index contributed by atoms with van der Waals surface area (Å²) in [5.74, 6) is 0.632. The lowest BCUT2D eigenvalue weighted by molar-refractivity contribution is -0.121. The van der Waals surface area contributed by atoms with Crippen LogP contribution in [0.15, 0.2) is 66.0 Å². The third-order valence-electron chi connectivity index (χ3n) is 4.71. The largest absolute Gasteiger partial charge is 0.349 e. The highest BCUT2D eigenvalue weighted by Crippen LogP contribution is 2.40. The molecule has 0 radical (unpaired) electrons. The summed E-state index contributed by atoms with van der Waals surface area (Å²) in [6.07, 6.45) is 3.55. The predicted molar refractivity (Wildman–Crippen MR) is 105 cm³/mol. The minimum Gasteiger partial charge on any atom is -0.349 e. The molecule has 1 heterocycles. The van der Waals surface area contributed by atoms with Crippen LogP contribution in [0.5, 0.6) is 0 Å². The summed E-state index contributed by atoms with van der Waals surface area (Å²) in [7, 11) is 0. The number of nitrogens with one attached hydrogen (secondary N) is 1. The van der Waals surface area contributed by atoms with Crippen LogP contribution in [0.4, 0.5) is 0 Å². The van der Waals surface area contributed by atoms with E-state index >= 15 is 0 Å². The minimum absolute atomic E-state index is 0.0577. The second-order valence-corrected chi connectivity index (χ2v) is 7.81. The average molecular weight is 362 g/mol. The average Bonchev–Trinajstić information content (AvgIpc) is 3.42. The SMILES string of the molecule is O=C(Cc1csc(Cc2ccccc2)n1)NC(c1ccccc1)C1CC1. The molecule has 1 amide bonds. The molecule has 1 saturated carbocycles. The molecule has 132 valence electrons. The van der Waals surface area contributed by atoms with E-state index in [-0.39, 0.29) is 11.9 Å². The number of hydrogen-bond acceptors (Lipinski definition) is 3. The Morgan fingerprint density at radius 2 is 1.77 bits per heavy atom. The van der Waals surface area contributed by atoms with Gasteiger partial charge < -0.3 is 5.32 Å². The van der Waals surface area contributed by atoms with Gasteiger partial charge in [0.2, 0.25) is 5.91 Å². The fraction of sp³-hybridized carbons (Fsp3) is 0.273. The number of rotatable bonds is 7. The van der Waals surface area contributed by atoms with Gasteiger partial charge in [0.05, 0.1) is 23.2 Å². The first-order chi connectivity index (χ1) is 12.8. The standard InChI is InChI=1S/C22H22N2OS/c25-20(24-22(18-11-12-18)17-9-5-2-6-10-17)14-19-15-26-21(23-19)13-16-7-3-1-4-8-16/h1-10,15,18,22H,11-14H2,(H,24,25). The van der Waals surface area contributed by atoms with Gasteiger partial charge in [-0.05, 0) is 29.9 Å². The Labute approximate surface area is 158 Å². The molecule has 0 aliphatic heterocycles. The van der Waals surface area contributed by atoms with Crippen LogP contribution in [-0.4, -0.2) is 10.9 Å². The zero-order valence-corrected chi connectivity index (χ0v) is 15.4. The van der Waals surface area contributed by atoms with Gasteiger partial charge in [-0.3, -0.25) is 4.79 Å². The van der Waals surface area contributed by atoms with Crippen LogP contribution in [0.1, 0.15) is 40.7 Å². The summed E-state index contributed by atoms with van der Waals surface area (Å²) < 4.78 is 0. The molecule has 0 spiro atoms. The van der Waals surface area contributed by atoms with E-state index < -0.39 is 0 Å². The highest BCUT2D eigenvalue weighted by Gasteiger charge is 2.33. The molecule has 0 saturated heterocycles. The highest BCUT2D eigenvalue weighted by atomic mass is 32.1. The second-order valence-electron chi connectivity index (χ2n) is 6.87. The van der Waals surface area contributed by atoms with Crippen molar-refractivity contribution in [3.05, 3.63) is 87.9 Å². The molecule has 1 N–H and O–H groups in total. The fourth-order valence-corrected chi connectivity index (χ4v) is 4.06. The Morgan fingerprint density at radius 1 is 1.08 bits per heavy atom. The Hall–Kier alpha value is -2.46. The number of carbonyl (C=O) groups excluding carboxylic acids is 1. The first-order valence-corrected chi connectivity index (χ1v) is 9.97. The van der Waals surface area contributed by atoms with Crippen molar-refractivity contribution in [2.24, 2.45) is 5.92 Å². The van der Waals surface area contributed by atoms with Gasteiger partial charge >= 0.3 is 0 Å². The van der Waals surface area contributed by atoms with Crippen molar-refractivity contribution >= 4 is 17.2 Å². The van der Waals surface area contributed by atoms with E-state index in [4.69, 9.17) is 0 Å². The van der Waals surface area contributed by atoms with Crippen LogP contribution in [0, 0.1) is 5.92 Å². The smallest absolute Gasteiger partial charge is 0.226 e. The Kier molecular flexibility index (Phi) is 5.12. The summed E-state index contributed by atoms with van der Waals surface area (Å²) in [6, 6.07) is 20.7. The van der Waals surface area contributed by atoms with E-state index in [9.17, 15) is 4.79 Å². The molecule has 1 unspecified atom stereocenters. The molecule has 4 rings (SSSR count). The molecule has 1 aliphatic carbocycles. The Morgan fingerprint density at radius 3 is 2.46 bits per heavy atom. The lowest BCUT2D eigenvalue weighted by atomic mass is 10.0. The molecule has 4 heteroatoms. The molecule has 26 heavy (non-hydrogen) atoms. The van der Waals surface area contributed by atoms with Crippen LogP contribution in [0.3, 0.4) is 0 Å². The van der Waals surface area contributed by atoms with Gasteiger partial charge in [-0.15, -0.1) is 11.3 Å². The molecule has 1 atom stereocenters. The number of nitrogens with zero attached hydrogens (tertiary/aromatic N) is 1. The van der Waals surface area contributed by atoms with E-state index in [2.05, 4.69) is 34.6 Å². The third kappa shape index (κ3) is 4.38. The van der Waals surface area contributed by atoms with E-state index in [1.165, 1.54) is 24.0 Å². The van der Waals surface area contributed by atoms with Crippen molar-refractivity contribution in [2.45, 2.75) is 31.7 Å². The summed E-state index contributed by atoms with van der Waals surface area (Å²) in [6.45, 7) is 0. The molecule has 1 aromatic heterocycles. The van der Waals surface area contributed by atoms with Crippen molar-refractivity contribution in [2.75, 3.05) is 0 Å². The number of hydrogen-bond donors (Lipinski definition) is 1. The second kappa shape index (κ2) is 7.83. The molecule has 3 nitrogen and oxygen atoms in total. The van der Waals surface area contributed by atoms with Crippen molar-refractivity contribution in [1.29, 1.82) is 0 Å². The Balaban J connectivity index is 1.37. The topological polar surface area (TPSA) is 42.0 Å². The summed E-state index contributed by atoms with van der Waals surface area (Å²) in [4.78, 5) is 17.2. The van der Waals surface area contributed by atoms with Crippen molar-refractivity contribution in [3.8, 4) is 0 Å². The number of carbonyl (C=O) groups is 1. The molecule has 2 aromatic carbocycles. The van der Waals surface area contributed by atoms with Crippen LogP contribution < -0.4 is 5.32 Å². The van der Waals surface area contributed by atoms with Gasteiger partial charge in [0.25, 0.3) is 0 Å². The lowest BCUT2D eigenvalue weighted by Crippen LogP contribution is -2.31. The van der Waals surface area contributed by atoms with Crippen molar-refractivity contribution < 1.29 is 4.79 Å². The quantitative estimate of drug-likeness (QED) is 0.670. The maximum absolute atomic E-state index is 12.5. The van der Waals surface area contributed by atoms with Crippen LogP contribution in [0.25, 0.3) is 0 Å². The van der Waals surface area contributed by atoms with Gasteiger partial charge in [-0.2, -0.15) is 0 Å². The molecular formula is C22H22N2OS. The number of thiazole rings is 1. The van der Waals surface area contributed by atoms with Crippen molar-refractivity contribution in [3.63, 3.8) is 0 Å². The number of benzene rings is 2. The molecular weight excluding hydrogens is 340 g/mol. The van der Waals surface area contributed by atoms with E-state index in [1.54, 1.807) is 11.3 Å². The van der Waals surface area contributed by atoms with Gasteiger partial charge in [-0.1, -0.05) is 60.7 Å². The Bertz CT molecular complexity index is 856. The normalized spacial score (nSPS) is 14.8. The van der Waals surface area contributed by atoms with E-state index in [0.717, 1.165) is 17.1 Å². The van der Waals surface area contributed by atoms with Gasteiger partial charge in [-0.25, -0.2) is 4.98 Å². The lowest BCUT2D eigenvalue weighted by Gasteiger charge is -2.18. The predicted octanol–water partition coefficient (Wildman–Crippen LogP) is 4.54. The van der Waals surface area contributed by atoms with Gasteiger partial charge in [0.15, 0.2) is 0 Å². The monoisotopic (exact) mass is 362 g/mol. The number of amides is 1.